The van der Waals surface area contributed by atoms with Gasteiger partial charge in [-0.3, -0.25) is 0 Å². The Bertz CT molecular complexity index is 370. The van der Waals surface area contributed by atoms with E-state index in [1.54, 1.807) is 0 Å². The van der Waals surface area contributed by atoms with Crippen molar-refractivity contribution in [1.82, 2.24) is 5.32 Å². The van der Waals surface area contributed by atoms with Crippen LogP contribution in [-0.2, 0) is 6.42 Å². The van der Waals surface area contributed by atoms with Gasteiger partial charge >= 0.3 is 0 Å². The summed E-state index contributed by atoms with van der Waals surface area (Å²) < 4.78 is 27.1. The molecule has 0 bridgehead atoms. The SMILES string of the molecule is CC(C)CCC(C)NC(C)Cc1c(F)cccc1F. The van der Waals surface area contributed by atoms with Crippen LogP contribution in [0.15, 0.2) is 18.2 Å². The molecule has 0 heterocycles. The molecular weight excluding hydrogens is 244 g/mol. The predicted molar refractivity (Wildman–Crippen MR) is 76.2 cm³/mol. The van der Waals surface area contributed by atoms with E-state index in [1.165, 1.54) is 18.2 Å². The number of nitrogens with one attached hydrogen (secondary N) is 1. The monoisotopic (exact) mass is 269 g/mol. The second-order valence-electron chi connectivity index (χ2n) is 5.84. The summed E-state index contributed by atoms with van der Waals surface area (Å²) in [5.74, 6) is -0.226. The minimum Gasteiger partial charge on any atom is -0.311 e. The third kappa shape index (κ3) is 5.68. The van der Waals surface area contributed by atoms with E-state index in [0.717, 1.165) is 12.8 Å². The van der Waals surface area contributed by atoms with Gasteiger partial charge in [0, 0.05) is 17.6 Å². The first kappa shape index (κ1) is 16.1. The van der Waals surface area contributed by atoms with Crippen LogP contribution in [0.2, 0.25) is 0 Å². The van der Waals surface area contributed by atoms with Crippen LogP contribution in [0.1, 0.15) is 46.1 Å². The summed E-state index contributed by atoms with van der Waals surface area (Å²) in [4.78, 5) is 0. The van der Waals surface area contributed by atoms with Crippen LogP contribution < -0.4 is 5.32 Å². The Morgan fingerprint density at radius 2 is 1.53 bits per heavy atom. The molecular formula is C16H25F2N. The van der Waals surface area contributed by atoms with Crippen molar-refractivity contribution in [2.45, 2.75) is 59.0 Å². The van der Waals surface area contributed by atoms with Gasteiger partial charge in [-0.1, -0.05) is 19.9 Å². The molecule has 0 amide bonds. The summed E-state index contributed by atoms with van der Waals surface area (Å²) in [7, 11) is 0. The maximum Gasteiger partial charge on any atom is 0.129 e. The zero-order valence-electron chi connectivity index (χ0n) is 12.3. The van der Waals surface area contributed by atoms with Crippen molar-refractivity contribution in [1.29, 1.82) is 0 Å². The molecule has 0 aromatic heterocycles. The average molecular weight is 269 g/mol. The van der Waals surface area contributed by atoms with E-state index in [4.69, 9.17) is 0 Å². The van der Waals surface area contributed by atoms with Gasteiger partial charge in [-0.05, 0) is 51.2 Å². The Morgan fingerprint density at radius 1 is 0.947 bits per heavy atom. The van der Waals surface area contributed by atoms with Gasteiger partial charge in [-0.25, -0.2) is 8.78 Å². The summed E-state index contributed by atoms with van der Waals surface area (Å²) >= 11 is 0. The van der Waals surface area contributed by atoms with E-state index in [-0.39, 0.29) is 11.6 Å². The molecule has 108 valence electrons. The second-order valence-corrected chi connectivity index (χ2v) is 5.84. The summed E-state index contributed by atoms with van der Waals surface area (Å²) in [6, 6.07) is 4.46. The third-order valence-corrected chi connectivity index (χ3v) is 3.32. The molecule has 0 saturated carbocycles. The number of hydrogen-bond donors (Lipinski definition) is 1. The highest BCUT2D eigenvalue weighted by Crippen LogP contribution is 2.15. The Balaban J connectivity index is 2.48. The number of hydrogen-bond acceptors (Lipinski definition) is 1. The van der Waals surface area contributed by atoms with Crippen LogP contribution in [0, 0.1) is 17.6 Å². The topological polar surface area (TPSA) is 12.0 Å². The zero-order chi connectivity index (χ0) is 14.4. The fourth-order valence-corrected chi connectivity index (χ4v) is 2.24. The molecule has 2 atom stereocenters. The smallest absolute Gasteiger partial charge is 0.129 e. The molecule has 2 unspecified atom stereocenters. The van der Waals surface area contributed by atoms with E-state index in [1.807, 2.05) is 6.92 Å². The summed E-state index contributed by atoms with van der Waals surface area (Å²) in [5, 5.41) is 3.40. The summed E-state index contributed by atoms with van der Waals surface area (Å²) in [6.45, 7) is 8.49. The predicted octanol–water partition coefficient (Wildman–Crippen LogP) is 4.31. The fraction of sp³-hybridized carbons (Fsp3) is 0.625. The van der Waals surface area contributed by atoms with Gasteiger partial charge in [0.15, 0.2) is 0 Å². The molecule has 1 aromatic rings. The first-order chi connectivity index (χ1) is 8.90. The lowest BCUT2D eigenvalue weighted by Crippen LogP contribution is -2.36. The Hall–Kier alpha value is -0.960. The van der Waals surface area contributed by atoms with E-state index >= 15 is 0 Å². The van der Waals surface area contributed by atoms with Crippen molar-refractivity contribution in [2.24, 2.45) is 5.92 Å². The first-order valence-electron chi connectivity index (χ1n) is 7.09. The molecule has 1 aromatic carbocycles. The second kappa shape index (κ2) is 7.59. The standard InChI is InChI=1S/C16H25F2N/c1-11(2)8-9-12(3)19-13(4)10-14-15(17)6-5-7-16(14)18/h5-7,11-13,19H,8-10H2,1-4H3. The van der Waals surface area contributed by atoms with Gasteiger partial charge in [-0.15, -0.1) is 0 Å². The van der Waals surface area contributed by atoms with Crippen molar-refractivity contribution in [3.8, 4) is 0 Å². The molecule has 1 rings (SSSR count). The summed E-state index contributed by atoms with van der Waals surface area (Å²) in [6.07, 6.45) is 2.63. The highest BCUT2D eigenvalue weighted by Gasteiger charge is 2.14. The fourth-order valence-electron chi connectivity index (χ4n) is 2.24. The maximum atomic E-state index is 13.5. The van der Waals surface area contributed by atoms with Crippen LogP contribution in [-0.4, -0.2) is 12.1 Å². The molecule has 0 saturated heterocycles. The quantitative estimate of drug-likeness (QED) is 0.777. The van der Waals surface area contributed by atoms with Crippen LogP contribution in [0.25, 0.3) is 0 Å². The molecule has 1 nitrogen and oxygen atoms in total. The number of benzene rings is 1. The highest BCUT2D eigenvalue weighted by atomic mass is 19.1. The molecule has 1 N–H and O–H groups in total. The van der Waals surface area contributed by atoms with Gasteiger partial charge in [0.2, 0.25) is 0 Å². The van der Waals surface area contributed by atoms with Crippen LogP contribution in [0.4, 0.5) is 8.78 Å². The lowest BCUT2D eigenvalue weighted by molar-refractivity contribution is 0.403. The number of halogens is 2. The van der Waals surface area contributed by atoms with Crippen molar-refractivity contribution >= 4 is 0 Å². The van der Waals surface area contributed by atoms with E-state index < -0.39 is 11.6 Å². The van der Waals surface area contributed by atoms with Crippen LogP contribution >= 0.6 is 0 Å². The van der Waals surface area contributed by atoms with Gasteiger partial charge in [0.1, 0.15) is 11.6 Å². The Kier molecular flexibility index (Phi) is 6.43. The van der Waals surface area contributed by atoms with Crippen molar-refractivity contribution < 1.29 is 8.78 Å². The molecule has 0 aliphatic rings. The molecule has 0 aliphatic heterocycles. The lowest BCUT2D eigenvalue weighted by Gasteiger charge is -2.21. The van der Waals surface area contributed by atoms with Gasteiger partial charge in [0.05, 0.1) is 0 Å². The largest absolute Gasteiger partial charge is 0.311 e. The van der Waals surface area contributed by atoms with Crippen molar-refractivity contribution in [3.05, 3.63) is 35.4 Å². The molecule has 0 radical (unpaired) electrons. The zero-order valence-corrected chi connectivity index (χ0v) is 12.3. The Labute approximate surface area is 115 Å². The van der Waals surface area contributed by atoms with Crippen LogP contribution in [0.3, 0.4) is 0 Å². The minimum atomic E-state index is -0.455. The van der Waals surface area contributed by atoms with E-state index in [2.05, 4.69) is 26.1 Å². The molecule has 19 heavy (non-hydrogen) atoms. The van der Waals surface area contributed by atoms with Crippen molar-refractivity contribution in [3.63, 3.8) is 0 Å². The third-order valence-electron chi connectivity index (χ3n) is 3.32. The number of rotatable bonds is 7. The normalized spacial score (nSPS) is 14.7. The molecule has 0 spiro atoms. The van der Waals surface area contributed by atoms with E-state index in [9.17, 15) is 8.78 Å². The first-order valence-corrected chi connectivity index (χ1v) is 7.09. The van der Waals surface area contributed by atoms with Crippen molar-refractivity contribution in [2.75, 3.05) is 0 Å². The average Bonchev–Trinajstić information content (AvgIpc) is 2.31. The summed E-state index contributed by atoms with van der Waals surface area (Å²) in [5.41, 5.74) is 0.179. The Morgan fingerprint density at radius 3 is 2.05 bits per heavy atom. The van der Waals surface area contributed by atoms with E-state index in [0.29, 0.717) is 18.4 Å². The lowest BCUT2D eigenvalue weighted by atomic mass is 10.0. The highest BCUT2D eigenvalue weighted by molar-refractivity contribution is 5.20. The molecule has 0 aliphatic carbocycles. The van der Waals surface area contributed by atoms with Crippen LogP contribution in [0.5, 0.6) is 0 Å². The molecule has 3 heteroatoms. The maximum absolute atomic E-state index is 13.5. The molecule has 0 fully saturated rings. The van der Waals surface area contributed by atoms with Gasteiger partial charge < -0.3 is 5.32 Å². The minimum absolute atomic E-state index is 0.0635. The van der Waals surface area contributed by atoms with Gasteiger partial charge in [0.25, 0.3) is 0 Å². The van der Waals surface area contributed by atoms with Gasteiger partial charge in [-0.2, -0.15) is 0 Å².